The highest BCUT2D eigenvalue weighted by atomic mass is 32.2. The number of benzene rings is 1. The van der Waals surface area contributed by atoms with Crippen LogP contribution in [0.3, 0.4) is 0 Å². The van der Waals surface area contributed by atoms with E-state index >= 15 is 0 Å². The van der Waals surface area contributed by atoms with Gasteiger partial charge in [-0.15, -0.1) is 0 Å². The van der Waals surface area contributed by atoms with Crippen molar-refractivity contribution in [2.24, 2.45) is 11.8 Å². The number of sulfonamides is 1. The zero-order chi connectivity index (χ0) is 15.8. The number of nitrogens with two attached hydrogens (primary N) is 1. The Bertz CT molecular complexity index is 738. The van der Waals surface area contributed by atoms with Gasteiger partial charge in [0, 0.05) is 12.3 Å². The Labute approximate surface area is 124 Å². The summed E-state index contributed by atoms with van der Waals surface area (Å²) in [5.74, 6) is 5.81. The highest BCUT2D eigenvalue weighted by Crippen LogP contribution is 2.30. The van der Waals surface area contributed by atoms with E-state index < -0.39 is 19.9 Å². The van der Waals surface area contributed by atoms with E-state index in [2.05, 4.69) is 10.1 Å². The molecule has 1 aromatic carbocycles. The van der Waals surface area contributed by atoms with Crippen LogP contribution in [0.5, 0.6) is 0 Å². The number of nitrogens with one attached hydrogen (secondary N) is 2. The second-order valence-electron chi connectivity index (χ2n) is 5.47. The lowest BCUT2D eigenvalue weighted by atomic mass is 9.83. The highest BCUT2D eigenvalue weighted by Gasteiger charge is 2.31. The summed E-state index contributed by atoms with van der Waals surface area (Å²) < 4.78 is 50.5. The lowest BCUT2D eigenvalue weighted by molar-refractivity contribution is 0.270. The minimum atomic E-state index is -3.83. The third kappa shape index (κ3) is 3.54. The number of nitrogen functional groups attached to an aromatic ring is 1. The topological polar surface area (TPSA) is 118 Å². The zero-order valence-electron chi connectivity index (χ0n) is 11.8. The second kappa shape index (κ2) is 5.56. The van der Waals surface area contributed by atoms with Crippen LogP contribution in [0.25, 0.3) is 0 Å². The molecule has 0 radical (unpaired) electrons. The van der Waals surface area contributed by atoms with Crippen LogP contribution in [-0.4, -0.2) is 29.1 Å². The number of hydrazine groups is 1. The number of anilines is 1. The molecule has 1 saturated carbocycles. The lowest BCUT2D eigenvalue weighted by Crippen LogP contribution is -2.43. The van der Waals surface area contributed by atoms with Crippen molar-refractivity contribution in [3.05, 3.63) is 18.2 Å². The van der Waals surface area contributed by atoms with E-state index in [4.69, 9.17) is 5.84 Å². The van der Waals surface area contributed by atoms with Crippen LogP contribution in [0.15, 0.2) is 28.0 Å². The molecule has 2 rings (SSSR count). The summed E-state index contributed by atoms with van der Waals surface area (Å²) >= 11 is 0. The van der Waals surface area contributed by atoms with Crippen molar-refractivity contribution in [2.75, 3.05) is 11.7 Å². The molecule has 1 fully saturated rings. The van der Waals surface area contributed by atoms with E-state index in [-0.39, 0.29) is 21.5 Å². The summed E-state index contributed by atoms with van der Waals surface area (Å²) in [4.78, 5) is -0.226. The molecule has 118 valence electrons. The van der Waals surface area contributed by atoms with Crippen LogP contribution in [0.1, 0.15) is 19.8 Å². The first-order chi connectivity index (χ1) is 9.63. The van der Waals surface area contributed by atoms with Gasteiger partial charge in [0.05, 0.1) is 10.6 Å². The Morgan fingerprint density at radius 1 is 1.19 bits per heavy atom. The van der Waals surface area contributed by atoms with Gasteiger partial charge in [0.25, 0.3) is 0 Å². The van der Waals surface area contributed by atoms with E-state index in [0.29, 0.717) is 5.92 Å². The minimum absolute atomic E-state index is 0.0659. The van der Waals surface area contributed by atoms with Gasteiger partial charge in [-0.25, -0.2) is 21.6 Å². The highest BCUT2D eigenvalue weighted by molar-refractivity contribution is 7.91. The molecule has 1 aromatic rings. The molecular formula is C12H19N3O4S2. The molecule has 4 N–H and O–H groups in total. The van der Waals surface area contributed by atoms with Crippen molar-refractivity contribution in [1.82, 2.24) is 4.72 Å². The Kier molecular flexibility index (Phi) is 4.29. The Balaban J connectivity index is 2.40. The maximum absolute atomic E-state index is 12.4. The summed E-state index contributed by atoms with van der Waals surface area (Å²) in [5.41, 5.74) is 2.44. The Morgan fingerprint density at radius 3 is 2.29 bits per heavy atom. The fourth-order valence-electron chi connectivity index (χ4n) is 2.36. The largest absolute Gasteiger partial charge is 0.323 e. The molecule has 0 aliphatic heterocycles. The predicted molar refractivity (Wildman–Crippen MR) is 79.9 cm³/mol. The molecule has 0 heterocycles. The molecule has 0 atom stereocenters. The van der Waals surface area contributed by atoms with Crippen molar-refractivity contribution >= 4 is 25.5 Å². The van der Waals surface area contributed by atoms with Gasteiger partial charge in [-0.3, -0.25) is 5.84 Å². The molecule has 21 heavy (non-hydrogen) atoms. The number of hydrogen-bond donors (Lipinski definition) is 3. The molecule has 1 aliphatic rings. The SMILES string of the molecule is CC1CC(NS(=O)(=O)c2cc(S(C)(=O)=O)ccc2NN)C1. The van der Waals surface area contributed by atoms with E-state index in [1.165, 1.54) is 12.1 Å². The summed E-state index contributed by atoms with van der Waals surface area (Å²) in [5, 5.41) is 0. The molecule has 9 heteroatoms. The van der Waals surface area contributed by atoms with Crippen LogP contribution < -0.4 is 16.0 Å². The summed E-state index contributed by atoms with van der Waals surface area (Å²) in [6, 6.07) is 3.66. The average Bonchev–Trinajstić information content (AvgIpc) is 2.34. The summed E-state index contributed by atoms with van der Waals surface area (Å²) in [6.07, 6.45) is 2.57. The predicted octanol–water partition coefficient (Wildman–Crippen LogP) is 0.453. The molecule has 7 nitrogen and oxygen atoms in total. The maximum Gasteiger partial charge on any atom is 0.242 e. The van der Waals surface area contributed by atoms with Gasteiger partial charge in [0.2, 0.25) is 10.0 Å². The first kappa shape index (κ1) is 16.2. The van der Waals surface area contributed by atoms with Crippen molar-refractivity contribution < 1.29 is 16.8 Å². The molecule has 0 spiro atoms. The standard InChI is InChI=1S/C12H19N3O4S2/c1-8-5-9(6-8)15-21(18,19)12-7-10(20(2,16)17)3-4-11(12)14-13/h3-4,7-9,14-15H,5-6,13H2,1-2H3. The Hall–Kier alpha value is -1.16. The van der Waals surface area contributed by atoms with Crippen LogP contribution in [0.4, 0.5) is 5.69 Å². The first-order valence-electron chi connectivity index (χ1n) is 6.46. The van der Waals surface area contributed by atoms with Crippen molar-refractivity contribution in [2.45, 2.75) is 35.6 Å². The quantitative estimate of drug-likeness (QED) is 0.532. The van der Waals surface area contributed by atoms with E-state index in [1.807, 2.05) is 6.92 Å². The second-order valence-corrected chi connectivity index (χ2v) is 9.17. The molecule has 0 aromatic heterocycles. The van der Waals surface area contributed by atoms with Crippen LogP contribution >= 0.6 is 0 Å². The van der Waals surface area contributed by atoms with Gasteiger partial charge >= 0.3 is 0 Å². The van der Waals surface area contributed by atoms with Gasteiger partial charge in [0.15, 0.2) is 9.84 Å². The molecule has 0 unspecified atom stereocenters. The van der Waals surface area contributed by atoms with E-state index in [9.17, 15) is 16.8 Å². The zero-order valence-corrected chi connectivity index (χ0v) is 13.5. The molecule has 0 amide bonds. The smallest absolute Gasteiger partial charge is 0.242 e. The minimum Gasteiger partial charge on any atom is -0.323 e. The van der Waals surface area contributed by atoms with Gasteiger partial charge in [-0.05, 0) is 37.0 Å². The monoisotopic (exact) mass is 333 g/mol. The van der Waals surface area contributed by atoms with Crippen molar-refractivity contribution in [3.63, 3.8) is 0 Å². The fourth-order valence-corrected chi connectivity index (χ4v) is 4.53. The number of hydrogen-bond acceptors (Lipinski definition) is 6. The molecule has 0 saturated heterocycles. The summed E-state index contributed by atoms with van der Waals surface area (Å²) in [6.45, 7) is 2.04. The average molecular weight is 333 g/mol. The molecule has 0 bridgehead atoms. The van der Waals surface area contributed by atoms with Gasteiger partial charge in [0.1, 0.15) is 4.90 Å². The van der Waals surface area contributed by atoms with Crippen molar-refractivity contribution in [3.8, 4) is 0 Å². The third-order valence-electron chi connectivity index (χ3n) is 3.52. The normalized spacial score (nSPS) is 22.6. The van der Waals surface area contributed by atoms with Gasteiger partial charge in [-0.2, -0.15) is 0 Å². The van der Waals surface area contributed by atoms with Gasteiger partial charge < -0.3 is 5.43 Å². The van der Waals surface area contributed by atoms with Crippen LogP contribution in [0.2, 0.25) is 0 Å². The molecular weight excluding hydrogens is 314 g/mol. The Morgan fingerprint density at radius 2 is 1.81 bits per heavy atom. The first-order valence-corrected chi connectivity index (χ1v) is 9.84. The number of rotatable bonds is 5. The van der Waals surface area contributed by atoms with E-state index in [1.54, 1.807) is 0 Å². The lowest BCUT2D eigenvalue weighted by Gasteiger charge is -2.33. The summed E-state index contributed by atoms with van der Waals surface area (Å²) in [7, 11) is -7.33. The van der Waals surface area contributed by atoms with Crippen LogP contribution in [0, 0.1) is 5.92 Å². The van der Waals surface area contributed by atoms with E-state index in [0.717, 1.165) is 25.2 Å². The molecule has 1 aliphatic carbocycles. The number of sulfone groups is 1. The van der Waals surface area contributed by atoms with Crippen molar-refractivity contribution in [1.29, 1.82) is 0 Å². The van der Waals surface area contributed by atoms with Crippen LogP contribution in [-0.2, 0) is 19.9 Å². The van der Waals surface area contributed by atoms with Gasteiger partial charge in [-0.1, -0.05) is 6.92 Å². The third-order valence-corrected chi connectivity index (χ3v) is 6.19. The fraction of sp³-hybridized carbons (Fsp3) is 0.500. The maximum atomic E-state index is 12.4.